The maximum absolute atomic E-state index is 12.5. The minimum absolute atomic E-state index is 0.150. The maximum atomic E-state index is 12.5. The lowest BCUT2D eigenvalue weighted by molar-refractivity contribution is -0.113. The molecule has 0 radical (unpaired) electrons. The molecule has 4 aromatic rings. The first-order chi connectivity index (χ1) is 16.8. The van der Waals surface area contributed by atoms with Crippen molar-refractivity contribution in [1.29, 1.82) is 0 Å². The standard InChI is InChI=1S/C25H27N5O3S2/c1-15-6-7-18(12-16(15)2)21-13-34-24(26-21)27-22(31)14-35-25-29-28-23(30(25)4)17(3)33-20-10-8-19(32-5)9-11-20/h6-13,17H,14H2,1-5H3,(H,26,27,31). The summed E-state index contributed by atoms with van der Waals surface area (Å²) in [5.74, 6) is 2.18. The minimum atomic E-state index is -0.316. The lowest BCUT2D eigenvalue weighted by Gasteiger charge is -2.14. The van der Waals surface area contributed by atoms with Gasteiger partial charge >= 0.3 is 0 Å². The van der Waals surface area contributed by atoms with Crippen LogP contribution in [-0.2, 0) is 11.8 Å². The fraction of sp³-hybridized carbons (Fsp3) is 0.280. The monoisotopic (exact) mass is 509 g/mol. The maximum Gasteiger partial charge on any atom is 0.236 e. The first-order valence-corrected chi connectivity index (χ1v) is 12.9. The molecule has 2 aromatic carbocycles. The molecule has 0 aliphatic carbocycles. The van der Waals surface area contributed by atoms with Crippen molar-refractivity contribution in [3.05, 3.63) is 64.8 Å². The molecule has 0 aliphatic heterocycles. The number of amides is 1. The molecule has 0 saturated carbocycles. The van der Waals surface area contributed by atoms with Crippen LogP contribution < -0.4 is 14.8 Å². The highest BCUT2D eigenvalue weighted by Crippen LogP contribution is 2.28. The van der Waals surface area contributed by atoms with Crippen LogP contribution in [0.1, 0.15) is 30.0 Å². The van der Waals surface area contributed by atoms with E-state index >= 15 is 0 Å². The second kappa shape index (κ2) is 10.9. The van der Waals surface area contributed by atoms with Crippen molar-refractivity contribution in [3.63, 3.8) is 0 Å². The van der Waals surface area contributed by atoms with Gasteiger partial charge in [0.15, 0.2) is 22.2 Å². The van der Waals surface area contributed by atoms with Crippen LogP contribution >= 0.6 is 23.1 Å². The second-order valence-electron chi connectivity index (χ2n) is 8.01. The Labute approximate surface area is 212 Å². The number of aromatic nitrogens is 4. The molecular formula is C25H27N5O3S2. The molecule has 35 heavy (non-hydrogen) atoms. The number of methoxy groups -OCH3 is 1. The molecule has 2 aromatic heterocycles. The highest BCUT2D eigenvalue weighted by Gasteiger charge is 2.18. The van der Waals surface area contributed by atoms with E-state index in [1.165, 1.54) is 34.2 Å². The zero-order valence-electron chi connectivity index (χ0n) is 20.2. The van der Waals surface area contributed by atoms with Crippen LogP contribution in [-0.4, -0.2) is 38.5 Å². The van der Waals surface area contributed by atoms with Crippen LogP contribution in [0.5, 0.6) is 11.5 Å². The molecule has 1 N–H and O–H groups in total. The van der Waals surface area contributed by atoms with Gasteiger partial charge in [-0.3, -0.25) is 4.79 Å². The van der Waals surface area contributed by atoms with E-state index in [0.29, 0.717) is 21.9 Å². The molecule has 1 atom stereocenters. The van der Waals surface area contributed by atoms with Crippen molar-refractivity contribution < 1.29 is 14.3 Å². The Hall–Kier alpha value is -3.37. The van der Waals surface area contributed by atoms with Crippen LogP contribution in [0, 0.1) is 13.8 Å². The molecule has 1 unspecified atom stereocenters. The normalized spacial score (nSPS) is 11.8. The molecule has 8 nitrogen and oxygen atoms in total. The zero-order valence-corrected chi connectivity index (χ0v) is 21.9. The number of anilines is 1. The van der Waals surface area contributed by atoms with E-state index < -0.39 is 0 Å². The van der Waals surface area contributed by atoms with Crippen LogP contribution in [0.25, 0.3) is 11.3 Å². The van der Waals surface area contributed by atoms with E-state index in [2.05, 4.69) is 46.5 Å². The van der Waals surface area contributed by atoms with E-state index in [-0.39, 0.29) is 17.8 Å². The summed E-state index contributed by atoms with van der Waals surface area (Å²) in [6, 6.07) is 13.6. The molecule has 0 saturated heterocycles. The van der Waals surface area contributed by atoms with Crippen LogP contribution in [0.15, 0.2) is 53.0 Å². The van der Waals surface area contributed by atoms with E-state index in [0.717, 1.165) is 17.0 Å². The Morgan fingerprint density at radius 1 is 1.11 bits per heavy atom. The van der Waals surface area contributed by atoms with Crippen LogP contribution in [0.2, 0.25) is 0 Å². The van der Waals surface area contributed by atoms with Gasteiger partial charge in [0.25, 0.3) is 0 Å². The first kappa shape index (κ1) is 24.7. The third-order valence-electron chi connectivity index (χ3n) is 5.49. The summed E-state index contributed by atoms with van der Waals surface area (Å²) in [4.78, 5) is 17.1. The summed E-state index contributed by atoms with van der Waals surface area (Å²) in [7, 11) is 3.48. The van der Waals surface area contributed by atoms with Crippen molar-refractivity contribution >= 4 is 34.1 Å². The molecule has 0 aliphatic rings. The average Bonchev–Trinajstić information content (AvgIpc) is 3.46. The van der Waals surface area contributed by atoms with Crippen LogP contribution in [0.4, 0.5) is 5.13 Å². The summed E-state index contributed by atoms with van der Waals surface area (Å²) in [6.07, 6.45) is -0.316. The predicted molar refractivity (Wildman–Crippen MR) is 139 cm³/mol. The molecule has 182 valence electrons. The smallest absolute Gasteiger partial charge is 0.236 e. The first-order valence-electron chi connectivity index (χ1n) is 11.0. The summed E-state index contributed by atoms with van der Waals surface area (Å²) >= 11 is 2.72. The Kier molecular flexibility index (Phi) is 7.72. The number of benzene rings is 2. The Balaban J connectivity index is 1.32. The third-order valence-corrected chi connectivity index (χ3v) is 7.27. The number of carbonyl (C=O) groups is 1. The van der Waals surface area contributed by atoms with Crippen molar-refractivity contribution in [2.45, 2.75) is 32.0 Å². The molecule has 0 spiro atoms. The molecule has 2 heterocycles. The highest BCUT2D eigenvalue weighted by atomic mass is 32.2. The predicted octanol–water partition coefficient (Wildman–Crippen LogP) is 5.43. The number of rotatable bonds is 9. The number of hydrogen-bond donors (Lipinski definition) is 1. The van der Waals surface area contributed by atoms with E-state index in [1.807, 2.05) is 54.3 Å². The Bertz CT molecular complexity index is 1320. The molecule has 10 heteroatoms. The third kappa shape index (κ3) is 6.01. The second-order valence-corrected chi connectivity index (χ2v) is 9.81. The van der Waals surface area contributed by atoms with Gasteiger partial charge in [-0.2, -0.15) is 0 Å². The van der Waals surface area contributed by atoms with Crippen molar-refractivity contribution in [1.82, 2.24) is 19.7 Å². The van der Waals surface area contributed by atoms with Gasteiger partial charge in [0.2, 0.25) is 5.91 Å². The number of nitrogens with zero attached hydrogens (tertiary/aromatic N) is 4. The Morgan fingerprint density at radius 2 is 1.86 bits per heavy atom. The fourth-order valence-electron chi connectivity index (χ4n) is 3.37. The number of carbonyl (C=O) groups excluding carboxylic acids is 1. The number of aryl methyl sites for hydroxylation is 2. The van der Waals surface area contributed by atoms with Crippen LogP contribution in [0.3, 0.4) is 0 Å². The number of thiazole rings is 1. The lowest BCUT2D eigenvalue weighted by atomic mass is 10.1. The number of ether oxygens (including phenoxy) is 2. The number of hydrogen-bond acceptors (Lipinski definition) is 8. The summed E-state index contributed by atoms with van der Waals surface area (Å²) < 4.78 is 13.0. The van der Waals surface area contributed by atoms with Gasteiger partial charge < -0.3 is 19.4 Å². The Morgan fingerprint density at radius 3 is 2.57 bits per heavy atom. The van der Waals surface area contributed by atoms with Gasteiger partial charge in [-0.15, -0.1) is 21.5 Å². The van der Waals surface area contributed by atoms with Gasteiger partial charge in [-0.1, -0.05) is 23.9 Å². The summed E-state index contributed by atoms with van der Waals surface area (Å²) in [5, 5.41) is 14.5. The van der Waals surface area contributed by atoms with Crippen molar-refractivity contribution in [2.24, 2.45) is 7.05 Å². The fourth-order valence-corrected chi connectivity index (χ4v) is 4.82. The van der Waals surface area contributed by atoms with E-state index in [9.17, 15) is 4.79 Å². The quantitative estimate of drug-likeness (QED) is 0.301. The van der Waals surface area contributed by atoms with Crippen molar-refractivity contribution in [2.75, 3.05) is 18.2 Å². The van der Waals surface area contributed by atoms with Gasteiger partial charge in [-0.25, -0.2) is 4.98 Å². The van der Waals surface area contributed by atoms with Gasteiger partial charge in [0.1, 0.15) is 11.5 Å². The highest BCUT2D eigenvalue weighted by molar-refractivity contribution is 7.99. The minimum Gasteiger partial charge on any atom is -0.497 e. The van der Waals surface area contributed by atoms with E-state index in [1.54, 1.807) is 7.11 Å². The molecule has 4 rings (SSSR count). The topological polar surface area (TPSA) is 91.2 Å². The molecule has 1 amide bonds. The average molecular weight is 510 g/mol. The lowest BCUT2D eigenvalue weighted by Crippen LogP contribution is -2.14. The molecular weight excluding hydrogens is 482 g/mol. The van der Waals surface area contributed by atoms with Gasteiger partial charge in [0.05, 0.1) is 18.6 Å². The summed E-state index contributed by atoms with van der Waals surface area (Å²) in [6.45, 7) is 6.07. The SMILES string of the molecule is COc1ccc(OC(C)c2nnc(SCC(=O)Nc3nc(-c4ccc(C)c(C)c4)cs3)n2C)cc1. The summed E-state index contributed by atoms with van der Waals surface area (Å²) in [5.41, 5.74) is 4.34. The number of thioether (sulfide) groups is 1. The van der Waals surface area contributed by atoms with Crippen molar-refractivity contribution in [3.8, 4) is 22.8 Å². The van der Waals surface area contributed by atoms with Gasteiger partial charge in [-0.05, 0) is 62.2 Å². The van der Waals surface area contributed by atoms with E-state index in [4.69, 9.17) is 9.47 Å². The largest absolute Gasteiger partial charge is 0.497 e. The molecule has 0 bridgehead atoms. The molecule has 0 fully saturated rings. The number of nitrogens with one attached hydrogen (secondary N) is 1. The zero-order chi connectivity index (χ0) is 24.9. The van der Waals surface area contributed by atoms with Gasteiger partial charge in [0, 0.05) is 18.0 Å².